The van der Waals surface area contributed by atoms with Crippen molar-refractivity contribution in [1.29, 1.82) is 0 Å². The molecule has 140 valence electrons. The fourth-order valence-corrected chi connectivity index (χ4v) is 4.29. The average Bonchev–Trinajstić information content (AvgIpc) is 3.07. The fraction of sp³-hybridized carbons (Fsp3) is 0.350. The van der Waals surface area contributed by atoms with Gasteiger partial charge in [-0.2, -0.15) is 0 Å². The molecule has 0 aliphatic carbocycles. The molecule has 1 aliphatic rings. The summed E-state index contributed by atoms with van der Waals surface area (Å²) in [6, 6.07) is 12.2. The van der Waals surface area contributed by atoms with Crippen molar-refractivity contribution in [1.82, 2.24) is 19.4 Å². The standard InChI is InChI=1S/C20H22N4O2S/c1-26-12-11-24-19-17(7-4-9-21-19)22-20(24)27-14-18(25)23-10-8-15-5-2-3-6-16(15)13-23/h2-7,9H,8,10-14H2,1H3. The van der Waals surface area contributed by atoms with Crippen LogP contribution in [0.3, 0.4) is 0 Å². The van der Waals surface area contributed by atoms with E-state index in [-0.39, 0.29) is 5.91 Å². The number of benzene rings is 1. The van der Waals surface area contributed by atoms with Crippen molar-refractivity contribution < 1.29 is 9.53 Å². The van der Waals surface area contributed by atoms with Crippen LogP contribution in [-0.4, -0.2) is 51.4 Å². The Bertz CT molecular complexity index is 956. The molecule has 0 spiro atoms. The Labute approximate surface area is 162 Å². The van der Waals surface area contributed by atoms with Crippen molar-refractivity contribution in [3.8, 4) is 0 Å². The maximum absolute atomic E-state index is 12.7. The van der Waals surface area contributed by atoms with E-state index in [1.54, 1.807) is 13.3 Å². The van der Waals surface area contributed by atoms with Gasteiger partial charge in [0.15, 0.2) is 10.8 Å². The van der Waals surface area contributed by atoms with Gasteiger partial charge in [0.25, 0.3) is 0 Å². The van der Waals surface area contributed by atoms with Crippen molar-refractivity contribution in [2.45, 2.75) is 24.7 Å². The number of fused-ring (bicyclic) bond motifs is 2. The van der Waals surface area contributed by atoms with Crippen LogP contribution in [0.5, 0.6) is 0 Å². The zero-order chi connectivity index (χ0) is 18.6. The molecule has 4 rings (SSSR count). The molecule has 0 unspecified atom stereocenters. The summed E-state index contributed by atoms with van der Waals surface area (Å²) in [5.41, 5.74) is 4.27. The number of hydrogen-bond acceptors (Lipinski definition) is 5. The molecule has 1 amide bonds. The first kappa shape index (κ1) is 18.0. The van der Waals surface area contributed by atoms with E-state index in [2.05, 4.69) is 28.2 Å². The Hall–Kier alpha value is -2.38. The van der Waals surface area contributed by atoms with Crippen molar-refractivity contribution in [2.24, 2.45) is 0 Å². The lowest BCUT2D eigenvalue weighted by molar-refractivity contribution is -0.129. The number of carbonyl (C=O) groups is 1. The predicted molar refractivity (Wildman–Crippen MR) is 106 cm³/mol. The van der Waals surface area contributed by atoms with Gasteiger partial charge in [-0.3, -0.25) is 4.79 Å². The number of imidazole rings is 1. The molecule has 2 aromatic heterocycles. The van der Waals surface area contributed by atoms with E-state index in [4.69, 9.17) is 4.74 Å². The van der Waals surface area contributed by atoms with E-state index in [9.17, 15) is 4.79 Å². The topological polar surface area (TPSA) is 60.2 Å². The maximum atomic E-state index is 12.7. The van der Waals surface area contributed by atoms with E-state index < -0.39 is 0 Å². The summed E-state index contributed by atoms with van der Waals surface area (Å²) in [5, 5.41) is 0.812. The van der Waals surface area contributed by atoms with Crippen LogP contribution in [0.25, 0.3) is 11.2 Å². The van der Waals surface area contributed by atoms with Gasteiger partial charge < -0.3 is 14.2 Å². The van der Waals surface area contributed by atoms with Crippen molar-refractivity contribution in [3.05, 3.63) is 53.7 Å². The number of ether oxygens (including phenoxy) is 1. The van der Waals surface area contributed by atoms with Gasteiger partial charge in [0, 0.05) is 26.4 Å². The second kappa shape index (κ2) is 8.10. The smallest absolute Gasteiger partial charge is 0.233 e. The summed E-state index contributed by atoms with van der Waals surface area (Å²) in [6.07, 6.45) is 2.68. The van der Waals surface area contributed by atoms with Gasteiger partial charge in [-0.1, -0.05) is 36.0 Å². The minimum absolute atomic E-state index is 0.146. The molecule has 7 heteroatoms. The van der Waals surface area contributed by atoms with Gasteiger partial charge in [-0.05, 0) is 29.7 Å². The molecule has 0 bridgehead atoms. The first-order chi connectivity index (χ1) is 13.3. The van der Waals surface area contributed by atoms with Crippen LogP contribution in [0.15, 0.2) is 47.8 Å². The summed E-state index contributed by atoms with van der Waals surface area (Å²) in [7, 11) is 1.68. The molecule has 1 aliphatic heterocycles. The lowest BCUT2D eigenvalue weighted by atomic mass is 10.00. The van der Waals surface area contributed by atoms with Gasteiger partial charge in [0.05, 0.1) is 18.9 Å². The van der Waals surface area contributed by atoms with Crippen LogP contribution >= 0.6 is 11.8 Å². The highest BCUT2D eigenvalue weighted by Crippen LogP contribution is 2.24. The Kier molecular flexibility index (Phi) is 5.40. The third kappa shape index (κ3) is 3.84. The van der Waals surface area contributed by atoms with Crippen LogP contribution in [0.2, 0.25) is 0 Å². The average molecular weight is 382 g/mol. The summed E-state index contributed by atoms with van der Waals surface area (Å²) < 4.78 is 7.24. The number of rotatable bonds is 6. The van der Waals surface area contributed by atoms with Crippen molar-refractivity contribution in [3.63, 3.8) is 0 Å². The van der Waals surface area contributed by atoms with E-state index in [1.165, 1.54) is 22.9 Å². The maximum Gasteiger partial charge on any atom is 0.233 e. The molecule has 0 fully saturated rings. The first-order valence-corrected chi connectivity index (χ1v) is 10.0. The minimum atomic E-state index is 0.146. The zero-order valence-electron chi connectivity index (χ0n) is 15.3. The van der Waals surface area contributed by atoms with E-state index in [0.29, 0.717) is 25.4 Å². The van der Waals surface area contributed by atoms with Crippen LogP contribution in [-0.2, 0) is 29.0 Å². The predicted octanol–water partition coefficient (Wildman–Crippen LogP) is 2.75. The second-order valence-corrected chi connectivity index (χ2v) is 7.45. The number of aromatic nitrogens is 3. The first-order valence-electron chi connectivity index (χ1n) is 9.04. The monoisotopic (exact) mass is 382 g/mol. The van der Waals surface area contributed by atoms with Crippen molar-refractivity contribution in [2.75, 3.05) is 26.0 Å². The lowest BCUT2D eigenvalue weighted by Crippen LogP contribution is -2.37. The Morgan fingerprint density at radius 1 is 1.22 bits per heavy atom. The molecule has 3 heterocycles. The molecule has 0 saturated carbocycles. The molecule has 0 radical (unpaired) electrons. The number of carbonyl (C=O) groups excluding carboxylic acids is 1. The summed E-state index contributed by atoms with van der Waals surface area (Å²) in [4.78, 5) is 23.8. The number of pyridine rings is 1. The zero-order valence-corrected chi connectivity index (χ0v) is 16.1. The van der Waals surface area contributed by atoms with Crippen LogP contribution < -0.4 is 0 Å². The molecule has 0 saturated heterocycles. The van der Waals surface area contributed by atoms with Gasteiger partial charge in [-0.15, -0.1) is 0 Å². The SMILES string of the molecule is COCCn1c(SCC(=O)N2CCc3ccccc3C2)nc2cccnc21. The third-order valence-electron chi connectivity index (χ3n) is 4.80. The molecule has 3 aromatic rings. The van der Waals surface area contributed by atoms with Crippen LogP contribution in [0.1, 0.15) is 11.1 Å². The highest BCUT2D eigenvalue weighted by Gasteiger charge is 2.21. The highest BCUT2D eigenvalue weighted by atomic mass is 32.2. The summed E-state index contributed by atoms with van der Waals surface area (Å²) >= 11 is 1.47. The largest absolute Gasteiger partial charge is 0.383 e. The third-order valence-corrected chi connectivity index (χ3v) is 5.76. The van der Waals surface area contributed by atoms with Crippen molar-refractivity contribution >= 4 is 28.8 Å². The van der Waals surface area contributed by atoms with Gasteiger partial charge in [0.1, 0.15) is 5.52 Å². The van der Waals surface area contributed by atoms with Gasteiger partial charge in [0.2, 0.25) is 5.91 Å². The fourth-order valence-electron chi connectivity index (χ4n) is 3.36. The molecule has 6 nitrogen and oxygen atoms in total. The number of methoxy groups -OCH3 is 1. The van der Waals surface area contributed by atoms with Crippen LogP contribution in [0, 0.1) is 0 Å². The Morgan fingerprint density at radius 2 is 2.07 bits per heavy atom. The van der Waals surface area contributed by atoms with Gasteiger partial charge >= 0.3 is 0 Å². The normalized spacial score (nSPS) is 13.7. The number of amides is 1. The lowest BCUT2D eigenvalue weighted by Gasteiger charge is -2.28. The molecular formula is C20H22N4O2S. The molecule has 1 aromatic carbocycles. The summed E-state index contributed by atoms with van der Waals surface area (Å²) in [6.45, 7) is 2.71. The van der Waals surface area contributed by atoms with E-state index in [0.717, 1.165) is 29.3 Å². The second-order valence-electron chi connectivity index (χ2n) is 6.51. The van der Waals surface area contributed by atoms with E-state index >= 15 is 0 Å². The Morgan fingerprint density at radius 3 is 2.93 bits per heavy atom. The van der Waals surface area contributed by atoms with Gasteiger partial charge in [-0.25, -0.2) is 9.97 Å². The highest BCUT2D eigenvalue weighted by molar-refractivity contribution is 7.99. The quantitative estimate of drug-likeness (QED) is 0.614. The molecule has 0 atom stereocenters. The summed E-state index contributed by atoms with van der Waals surface area (Å²) in [5.74, 6) is 0.520. The number of hydrogen-bond donors (Lipinski definition) is 0. The molecular weight excluding hydrogens is 360 g/mol. The van der Waals surface area contributed by atoms with Crippen LogP contribution in [0.4, 0.5) is 0 Å². The minimum Gasteiger partial charge on any atom is -0.383 e. The Balaban J connectivity index is 1.46. The number of nitrogens with zero attached hydrogens (tertiary/aromatic N) is 4. The molecule has 0 N–H and O–H groups in total. The number of thioether (sulfide) groups is 1. The molecule has 27 heavy (non-hydrogen) atoms. The van der Waals surface area contributed by atoms with E-state index in [1.807, 2.05) is 27.7 Å².